The molecule has 0 aliphatic heterocycles. The van der Waals surface area contributed by atoms with Crippen molar-refractivity contribution < 1.29 is 80.2 Å². The van der Waals surface area contributed by atoms with E-state index in [0.29, 0.717) is 25.7 Å². The van der Waals surface area contributed by atoms with E-state index in [-0.39, 0.29) is 25.7 Å². The van der Waals surface area contributed by atoms with E-state index < -0.39 is 97.5 Å². The van der Waals surface area contributed by atoms with Crippen molar-refractivity contribution in [3.8, 4) is 0 Å². The van der Waals surface area contributed by atoms with Crippen LogP contribution >= 0.6 is 15.6 Å². The van der Waals surface area contributed by atoms with Crippen LogP contribution in [0.25, 0.3) is 0 Å². The lowest BCUT2D eigenvalue weighted by Gasteiger charge is -2.21. The normalized spacial score (nSPS) is 14.2. The summed E-state index contributed by atoms with van der Waals surface area (Å²) in [5.41, 5.74) is 0. The number of unbranched alkanes of at least 4 members (excludes halogenated alkanes) is 39. The lowest BCUT2D eigenvalue weighted by atomic mass is 10.0. The van der Waals surface area contributed by atoms with E-state index in [1.807, 2.05) is 0 Å². The molecule has 0 saturated heterocycles. The maximum Gasteiger partial charge on any atom is 0.472 e. The minimum Gasteiger partial charge on any atom is -0.462 e. The molecule has 17 nitrogen and oxygen atoms in total. The van der Waals surface area contributed by atoms with Gasteiger partial charge in [0.25, 0.3) is 0 Å². The van der Waals surface area contributed by atoms with Crippen LogP contribution in [0.5, 0.6) is 0 Å². The maximum atomic E-state index is 13.0. The summed E-state index contributed by atoms with van der Waals surface area (Å²) in [5, 5.41) is 10.5. The third kappa shape index (κ3) is 60.9. The molecule has 0 heterocycles. The minimum absolute atomic E-state index is 0.103. The summed E-state index contributed by atoms with van der Waals surface area (Å²) in [4.78, 5) is 71.9. The second-order valence-corrected chi connectivity index (χ2v) is 27.6. The second kappa shape index (κ2) is 60.6. The van der Waals surface area contributed by atoms with E-state index in [1.165, 1.54) is 148 Å². The number of aliphatic hydroxyl groups is 1. The van der Waals surface area contributed by atoms with Gasteiger partial charge in [0.2, 0.25) is 0 Å². The lowest BCUT2D eigenvalue weighted by molar-refractivity contribution is -0.161. The summed E-state index contributed by atoms with van der Waals surface area (Å²) >= 11 is 0. The zero-order chi connectivity index (χ0) is 63.5. The van der Waals surface area contributed by atoms with Crippen LogP contribution in [0.1, 0.15) is 343 Å². The Bertz CT molecular complexity index is 1670. The molecule has 5 atom stereocenters. The highest BCUT2D eigenvalue weighted by Gasteiger charge is 2.30. The van der Waals surface area contributed by atoms with E-state index in [4.69, 9.17) is 37.0 Å². The van der Waals surface area contributed by atoms with Gasteiger partial charge in [0, 0.05) is 25.7 Å². The van der Waals surface area contributed by atoms with E-state index in [0.717, 1.165) is 115 Å². The zero-order valence-electron chi connectivity index (χ0n) is 55.4. The first-order chi connectivity index (χ1) is 41.5. The number of carbonyl (C=O) groups excluding carboxylic acids is 4. The monoisotopic (exact) mass is 1270 g/mol. The van der Waals surface area contributed by atoms with Crippen LogP contribution in [0.15, 0.2) is 0 Å². The number of aliphatic hydroxyl groups excluding tert-OH is 1. The molecule has 19 heteroatoms. The molecule has 0 rings (SSSR count). The average Bonchev–Trinajstić information content (AvgIpc) is 3.60. The summed E-state index contributed by atoms with van der Waals surface area (Å²) in [6, 6.07) is 0. The number of esters is 4. The molecule has 0 spiro atoms. The summed E-state index contributed by atoms with van der Waals surface area (Å²) < 4.78 is 67.8. The molecule has 0 fully saturated rings. The van der Waals surface area contributed by atoms with Crippen molar-refractivity contribution in [1.29, 1.82) is 0 Å². The largest absolute Gasteiger partial charge is 0.472 e. The Balaban J connectivity index is 5.07. The number of carbonyl (C=O) groups is 4. The second-order valence-electron chi connectivity index (χ2n) is 24.7. The first-order valence-corrected chi connectivity index (χ1v) is 38.1. The highest BCUT2D eigenvalue weighted by atomic mass is 31.2. The standard InChI is InChI=1S/C67H130O17P2/c1-6-9-12-15-17-18-19-26-30-33-37-41-46-51-65(70)78-57-63(84-67(72)53-48-43-38-34-31-28-25-23-21-20-22-24-27-29-32-36-40-44-49-60(4)5)59-82-86(75,76)80-55-61(68)54-79-85(73,74)81-58-62(56-77-64(69)50-45-39-14-11-8-3)83-66(71)52-47-42-35-16-13-10-7-2/h60-63,68H,6-59H2,1-5H3,(H,73,74)(H,75,76)/t61-,62+,63+/m0/s1. The Morgan fingerprint density at radius 3 is 0.791 bits per heavy atom. The molecular formula is C67H130O17P2. The van der Waals surface area contributed by atoms with E-state index in [1.54, 1.807) is 0 Å². The Hall–Kier alpha value is -1.94. The van der Waals surface area contributed by atoms with Gasteiger partial charge in [-0.05, 0) is 31.6 Å². The Morgan fingerprint density at radius 2 is 0.535 bits per heavy atom. The number of hydrogen-bond acceptors (Lipinski definition) is 15. The van der Waals surface area contributed by atoms with Crippen LogP contribution in [0.3, 0.4) is 0 Å². The fourth-order valence-electron chi connectivity index (χ4n) is 10.1. The van der Waals surface area contributed by atoms with Crippen molar-refractivity contribution in [3.05, 3.63) is 0 Å². The molecule has 0 amide bonds. The van der Waals surface area contributed by atoms with Crippen molar-refractivity contribution in [2.24, 2.45) is 5.92 Å². The highest BCUT2D eigenvalue weighted by molar-refractivity contribution is 7.47. The third-order valence-corrected chi connectivity index (χ3v) is 17.4. The van der Waals surface area contributed by atoms with Crippen LogP contribution < -0.4 is 0 Å². The first kappa shape index (κ1) is 84.1. The van der Waals surface area contributed by atoms with Gasteiger partial charge in [0.1, 0.15) is 19.3 Å². The van der Waals surface area contributed by atoms with Crippen molar-refractivity contribution >= 4 is 39.5 Å². The molecule has 0 aromatic heterocycles. The topological polar surface area (TPSA) is 237 Å². The molecule has 0 aromatic carbocycles. The van der Waals surface area contributed by atoms with Crippen molar-refractivity contribution in [2.45, 2.75) is 361 Å². The highest BCUT2D eigenvalue weighted by Crippen LogP contribution is 2.45. The Kier molecular flexibility index (Phi) is 59.2. The molecule has 0 aliphatic carbocycles. The molecular weight excluding hydrogens is 1140 g/mol. The number of phosphoric ester groups is 2. The van der Waals surface area contributed by atoms with Crippen LogP contribution in [-0.4, -0.2) is 96.7 Å². The van der Waals surface area contributed by atoms with Gasteiger partial charge in [-0.15, -0.1) is 0 Å². The SMILES string of the molecule is CCCCCCCCCCCCCCCC(=O)OC[C@H](COP(=O)(O)OC[C@@H](O)COP(=O)(O)OC[C@@H](COC(=O)CCCCCCC)OC(=O)CCCCCCCCC)OC(=O)CCCCCCCCCCCCCCCCCCCCC(C)C. The summed E-state index contributed by atoms with van der Waals surface area (Å²) in [6.07, 6.45) is 46.5. The summed E-state index contributed by atoms with van der Waals surface area (Å²) in [5.74, 6) is -1.32. The van der Waals surface area contributed by atoms with Gasteiger partial charge in [0.15, 0.2) is 12.2 Å². The number of rotatable bonds is 67. The van der Waals surface area contributed by atoms with Gasteiger partial charge in [-0.25, -0.2) is 9.13 Å². The molecule has 0 aromatic rings. The van der Waals surface area contributed by atoms with Crippen LogP contribution in [-0.2, 0) is 65.4 Å². The molecule has 0 saturated carbocycles. The Morgan fingerprint density at radius 1 is 0.314 bits per heavy atom. The lowest BCUT2D eigenvalue weighted by Crippen LogP contribution is -2.30. The van der Waals surface area contributed by atoms with Crippen LogP contribution in [0, 0.1) is 5.92 Å². The van der Waals surface area contributed by atoms with E-state index >= 15 is 0 Å². The fourth-order valence-corrected chi connectivity index (χ4v) is 11.7. The minimum atomic E-state index is -4.94. The Labute approximate surface area is 524 Å². The first-order valence-electron chi connectivity index (χ1n) is 35.1. The van der Waals surface area contributed by atoms with Crippen molar-refractivity contribution in [2.75, 3.05) is 39.6 Å². The quantitative estimate of drug-likeness (QED) is 0.0222. The van der Waals surface area contributed by atoms with Gasteiger partial charge in [-0.3, -0.25) is 37.3 Å². The van der Waals surface area contributed by atoms with Gasteiger partial charge >= 0.3 is 39.5 Å². The summed E-state index contributed by atoms with van der Waals surface area (Å²) in [7, 11) is -9.87. The molecule has 86 heavy (non-hydrogen) atoms. The molecule has 0 bridgehead atoms. The number of ether oxygens (including phenoxy) is 4. The molecule has 510 valence electrons. The average molecular weight is 1270 g/mol. The zero-order valence-corrected chi connectivity index (χ0v) is 57.2. The smallest absolute Gasteiger partial charge is 0.462 e. The van der Waals surface area contributed by atoms with Crippen LogP contribution in [0.2, 0.25) is 0 Å². The maximum absolute atomic E-state index is 13.0. The third-order valence-electron chi connectivity index (χ3n) is 15.5. The fraction of sp³-hybridized carbons (Fsp3) is 0.940. The van der Waals surface area contributed by atoms with Crippen LogP contribution in [0.4, 0.5) is 0 Å². The van der Waals surface area contributed by atoms with Gasteiger partial charge in [0.05, 0.1) is 26.4 Å². The molecule has 3 N–H and O–H groups in total. The molecule has 2 unspecified atom stereocenters. The van der Waals surface area contributed by atoms with E-state index in [2.05, 4.69) is 34.6 Å². The van der Waals surface area contributed by atoms with Crippen molar-refractivity contribution in [1.82, 2.24) is 0 Å². The molecule has 0 aliphatic rings. The predicted molar refractivity (Wildman–Crippen MR) is 345 cm³/mol. The molecule has 0 radical (unpaired) electrons. The van der Waals surface area contributed by atoms with E-state index in [9.17, 15) is 43.2 Å². The van der Waals surface area contributed by atoms with Gasteiger partial charge in [-0.2, -0.15) is 0 Å². The van der Waals surface area contributed by atoms with Crippen molar-refractivity contribution in [3.63, 3.8) is 0 Å². The predicted octanol–water partition coefficient (Wildman–Crippen LogP) is 19.0. The summed E-state index contributed by atoms with van der Waals surface area (Å²) in [6.45, 7) is 7.12. The van der Waals surface area contributed by atoms with Gasteiger partial charge in [-0.1, -0.05) is 291 Å². The number of phosphoric acid groups is 2. The number of hydrogen-bond donors (Lipinski definition) is 3. The van der Waals surface area contributed by atoms with Gasteiger partial charge < -0.3 is 33.8 Å².